The number of methoxy groups -OCH3 is 1. The second-order valence-corrected chi connectivity index (χ2v) is 5.24. The first kappa shape index (κ1) is 15.2. The van der Waals surface area contributed by atoms with Crippen molar-refractivity contribution in [3.8, 4) is 11.5 Å². The third-order valence-electron chi connectivity index (χ3n) is 2.68. The molecule has 1 heterocycles. The first-order valence-electron chi connectivity index (χ1n) is 6.60. The van der Waals surface area contributed by atoms with E-state index in [1.807, 2.05) is 24.3 Å². The minimum absolute atomic E-state index is 0.0628. The molecule has 0 aliphatic heterocycles. The molecule has 0 atom stereocenters. The fraction of sp³-hybridized carbons (Fsp3) is 0.357. The predicted molar refractivity (Wildman–Crippen MR) is 81.0 cm³/mol. The van der Waals surface area contributed by atoms with E-state index in [4.69, 9.17) is 9.47 Å². The molecule has 0 bridgehead atoms. The van der Waals surface area contributed by atoms with Gasteiger partial charge in [-0.05, 0) is 24.3 Å². The van der Waals surface area contributed by atoms with Crippen LogP contribution in [0.25, 0.3) is 0 Å². The van der Waals surface area contributed by atoms with E-state index in [2.05, 4.69) is 15.5 Å². The number of amides is 1. The van der Waals surface area contributed by atoms with Crippen molar-refractivity contribution in [2.24, 2.45) is 0 Å². The highest BCUT2D eigenvalue weighted by atomic mass is 32.1. The van der Waals surface area contributed by atoms with E-state index in [0.29, 0.717) is 24.6 Å². The molecule has 0 saturated carbocycles. The molecule has 0 fully saturated rings. The van der Waals surface area contributed by atoms with Crippen molar-refractivity contribution in [2.45, 2.75) is 19.8 Å². The molecule has 1 aromatic carbocycles. The molecule has 2 rings (SSSR count). The molecule has 0 saturated heterocycles. The Morgan fingerprint density at radius 1 is 1.24 bits per heavy atom. The Labute approximate surface area is 127 Å². The van der Waals surface area contributed by atoms with Crippen molar-refractivity contribution in [3.05, 3.63) is 29.3 Å². The summed E-state index contributed by atoms with van der Waals surface area (Å²) in [5, 5.41) is 12.0. The van der Waals surface area contributed by atoms with Crippen LogP contribution in [-0.4, -0.2) is 29.8 Å². The van der Waals surface area contributed by atoms with Crippen LogP contribution in [0, 0.1) is 0 Å². The number of benzene rings is 1. The third-order valence-corrected chi connectivity index (χ3v) is 3.58. The van der Waals surface area contributed by atoms with Gasteiger partial charge in [0.1, 0.15) is 16.5 Å². The first-order valence-corrected chi connectivity index (χ1v) is 7.42. The van der Waals surface area contributed by atoms with Gasteiger partial charge in [0.25, 0.3) is 0 Å². The number of hydrogen-bond donors (Lipinski definition) is 1. The minimum Gasteiger partial charge on any atom is -0.497 e. The highest BCUT2D eigenvalue weighted by Crippen LogP contribution is 2.19. The topological polar surface area (TPSA) is 73.3 Å². The quantitative estimate of drug-likeness (QED) is 0.851. The van der Waals surface area contributed by atoms with Gasteiger partial charge in [-0.2, -0.15) is 0 Å². The van der Waals surface area contributed by atoms with Crippen LogP contribution in [0.2, 0.25) is 0 Å². The molecule has 0 spiro atoms. The zero-order valence-corrected chi connectivity index (χ0v) is 12.8. The van der Waals surface area contributed by atoms with Gasteiger partial charge in [0.15, 0.2) is 0 Å². The van der Waals surface area contributed by atoms with Crippen LogP contribution in [0.15, 0.2) is 24.3 Å². The number of hydrogen-bond acceptors (Lipinski definition) is 6. The normalized spacial score (nSPS) is 10.2. The van der Waals surface area contributed by atoms with E-state index >= 15 is 0 Å². The Kier molecular flexibility index (Phi) is 5.51. The summed E-state index contributed by atoms with van der Waals surface area (Å²) in [6.07, 6.45) is 1.07. The van der Waals surface area contributed by atoms with Gasteiger partial charge in [-0.25, -0.2) is 0 Å². The molecule has 21 heavy (non-hydrogen) atoms. The van der Waals surface area contributed by atoms with Gasteiger partial charge < -0.3 is 14.8 Å². The van der Waals surface area contributed by atoms with E-state index in [9.17, 15) is 4.79 Å². The Balaban J connectivity index is 1.79. The summed E-state index contributed by atoms with van der Waals surface area (Å²) >= 11 is 1.36. The summed E-state index contributed by atoms with van der Waals surface area (Å²) in [6, 6.07) is 7.40. The first-order chi connectivity index (χ1) is 10.2. The number of anilines is 1. The highest BCUT2D eigenvalue weighted by Gasteiger charge is 2.07. The fourth-order valence-corrected chi connectivity index (χ4v) is 2.28. The summed E-state index contributed by atoms with van der Waals surface area (Å²) < 4.78 is 10.7. The predicted octanol–water partition coefficient (Wildman–Crippen LogP) is 2.52. The lowest BCUT2D eigenvalue weighted by atomic mass is 10.3. The average molecular weight is 307 g/mol. The molecule has 0 aliphatic rings. The molecule has 0 aliphatic carbocycles. The van der Waals surface area contributed by atoms with Gasteiger partial charge in [-0.1, -0.05) is 18.3 Å². The van der Waals surface area contributed by atoms with Crippen molar-refractivity contribution in [3.63, 3.8) is 0 Å². The molecule has 0 unspecified atom stereocenters. The van der Waals surface area contributed by atoms with E-state index in [1.54, 1.807) is 14.0 Å². The van der Waals surface area contributed by atoms with Gasteiger partial charge in [0, 0.05) is 12.8 Å². The van der Waals surface area contributed by atoms with E-state index in [0.717, 1.165) is 16.5 Å². The molecule has 7 heteroatoms. The van der Waals surface area contributed by atoms with Crippen molar-refractivity contribution in [1.29, 1.82) is 0 Å². The maximum Gasteiger partial charge on any atom is 0.225 e. The number of ether oxygens (including phenoxy) is 2. The molecule has 1 N–H and O–H groups in total. The minimum atomic E-state index is -0.0628. The van der Waals surface area contributed by atoms with Gasteiger partial charge in [-0.3, -0.25) is 4.79 Å². The van der Waals surface area contributed by atoms with Crippen molar-refractivity contribution >= 4 is 22.4 Å². The largest absolute Gasteiger partial charge is 0.497 e. The van der Waals surface area contributed by atoms with Crippen LogP contribution < -0.4 is 14.8 Å². The van der Waals surface area contributed by atoms with E-state index in [1.165, 1.54) is 11.3 Å². The van der Waals surface area contributed by atoms with Crippen LogP contribution >= 0.6 is 11.3 Å². The Bertz CT molecular complexity index is 583. The van der Waals surface area contributed by atoms with Gasteiger partial charge in [0.05, 0.1) is 13.7 Å². The van der Waals surface area contributed by atoms with Crippen molar-refractivity contribution in [2.75, 3.05) is 19.0 Å². The average Bonchev–Trinajstić information content (AvgIpc) is 2.95. The monoisotopic (exact) mass is 307 g/mol. The highest BCUT2D eigenvalue weighted by molar-refractivity contribution is 7.15. The molecule has 112 valence electrons. The van der Waals surface area contributed by atoms with Crippen LogP contribution in [0.5, 0.6) is 11.5 Å². The molecule has 1 amide bonds. The second-order valence-electron chi connectivity index (χ2n) is 4.18. The second kappa shape index (κ2) is 7.58. The number of carbonyl (C=O) groups excluding carboxylic acids is 1. The smallest absolute Gasteiger partial charge is 0.225 e. The molecular formula is C14H17N3O3S. The van der Waals surface area contributed by atoms with Crippen LogP contribution in [-0.2, 0) is 11.2 Å². The molecule has 2 aromatic rings. The standard InChI is InChI=1S/C14H17N3O3S/c1-3-12(18)15-14-17-16-13(21-14)8-9-20-11-6-4-10(19-2)5-7-11/h4-7H,3,8-9H2,1-2H3,(H,15,17,18). The Hall–Kier alpha value is -2.15. The van der Waals surface area contributed by atoms with Gasteiger partial charge in [-0.15, -0.1) is 10.2 Å². The molecular weight excluding hydrogens is 290 g/mol. The van der Waals surface area contributed by atoms with Crippen LogP contribution in [0.1, 0.15) is 18.4 Å². The lowest BCUT2D eigenvalue weighted by molar-refractivity contribution is -0.115. The summed E-state index contributed by atoms with van der Waals surface area (Å²) in [4.78, 5) is 11.2. The van der Waals surface area contributed by atoms with E-state index < -0.39 is 0 Å². The number of nitrogens with zero attached hydrogens (tertiary/aromatic N) is 2. The van der Waals surface area contributed by atoms with Crippen LogP contribution in [0.3, 0.4) is 0 Å². The number of nitrogens with one attached hydrogen (secondary N) is 1. The maximum atomic E-state index is 11.2. The SMILES string of the molecule is CCC(=O)Nc1nnc(CCOc2ccc(OC)cc2)s1. The summed E-state index contributed by atoms with van der Waals surface area (Å²) in [5.74, 6) is 1.51. The Morgan fingerprint density at radius 3 is 2.62 bits per heavy atom. The fourth-order valence-electron chi connectivity index (χ4n) is 1.54. The van der Waals surface area contributed by atoms with E-state index in [-0.39, 0.29) is 5.91 Å². The number of carbonyl (C=O) groups is 1. The molecule has 1 aromatic heterocycles. The van der Waals surface area contributed by atoms with Gasteiger partial charge >= 0.3 is 0 Å². The summed E-state index contributed by atoms with van der Waals surface area (Å²) in [5.41, 5.74) is 0. The summed E-state index contributed by atoms with van der Waals surface area (Å²) in [6.45, 7) is 2.29. The van der Waals surface area contributed by atoms with Crippen LogP contribution in [0.4, 0.5) is 5.13 Å². The molecule has 6 nitrogen and oxygen atoms in total. The third kappa shape index (κ3) is 4.71. The van der Waals surface area contributed by atoms with Gasteiger partial charge in [0.2, 0.25) is 11.0 Å². The number of rotatable bonds is 7. The van der Waals surface area contributed by atoms with Crippen molar-refractivity contribution in [1.82, 2.24) is 10.2 Å². The zero-order chi connectivity index (χ0) is 15.1. The lowest BCUT2D eigenvalue weighted by Gasteiger charge is -2.05. The number of aromatic nitrogens is 2. The summed E-state index contributed by atoms with van der Waals surface area (Å²) in [7, 11) is 1.63. The molecule has 0 radical (unpaired) electrons. The Morgan fingerprint density at radius 2 is 1.95 bits per heavy atom. The lowest BCUT2D eigenvalue weighted by Crippen LogP contribution is -2.08. The zero-order valence-electron chi connectivity index (χ0n) is 12.0. The maximum absolute atomic E-state index is 11.2. The van der Waals surface area contributed by atoms with Crippen molar-refractivity contribution < 1.29 is 14.3 Å².